The zero-order chi connectivity index (χ0) is 11.5. The van der Waals surface area contributed by atoms with Crippen LogP contribution >= 0.6 is 0 Å². The Labute approximate surface area is 92.9 Å². The third-order valence-electron chi connectivity index (χ3n) is 2.63. The van der Waals surface area contributed by atoms with Gasteiger partial charge in [0.2, 0.25) is 0 Å². The predicted molar refractivity (Wildman–Crippen MR) is 56.0 cm³/mol. The maximum absolute atomic E-state index is 12.6. The summed E-state index contributed by atoms with van der Waals surface area (Å²) in [6.07, 6.45) is 1.98. The Bertz CT molecular complexity index is 431. The normalized spacial score (nSPS) is 16.2. The second-order valence-corrected chi connectivity index (χ2v) is 3.92. The van der Waals surface area contributed by atoms with Gasteiger partial charge in [-0.3, -0.25) is 4.79 Å². The van der Waals surface area contributed by atoms with Crippen molar-refractivity contribution >= 4 is 5.91 Å². The van der Waals surface area contributed by atoms with E-state index in [1.54, 1.807) is 0 Å². The largest absolute Gasteiger partial charge is 0.336 e. The molecule has 1 unspecified atom stereocenters. The summed E-state index contributed by atoms with van der Waals surface area (Å²) in [5, 5.41) is 11.5. The fourth-order valence-electron chi connectivity index (χ4n) is 1.51. The average molecular weight is 218 g/mol. The van der Waals surface area contributed by atoms with Crippen LogP contribution in [0.25, 0.3) is 0 Å². The van der Waals surface area contributed by atoms with Crippen LogP contribution in [0, 0.1) is 23.1 Å². The molecule has 2 rings (SSSR count). The molecule has 82 valence electrons. The maximum atomic E-state index is 12.6. The highest BCUT2D eigenvalue weighted by Gasteiger charge is 2.32. The summed E-state index contributed by atoms with van der Waals surface area (Å²) in [6, 6.07) is 6.93. The summed E-state index contributed by atoms with van der Waals surface area (Å²) in [5.41, 5.74) is 0.377. The number of amides is 1. The number of nitriles is 1. The van der Waals surface area contributed by atoms with Crippen LogP contribution in [0.3, 0.4) is 0 Å². The zero-order valence-electron chi connectivity index (χ0n) is 8.61. The Balaban J connectivity index is 2.02. The number of hydrogen-bond donors (Lipinski definition) is 1. The SMILES string of the molecule is N#CC(NC(=O)c1ccc(F)cc1)C1CC1. The Morgan fingerprint density at radius 1 is 1.44 bits per heavy atom. The molecule has 1 N–H and O–H groups in total. The first-order chi connectivity index (χ1) is 7.70. The molecule has 16 heavy (non-hydrogen) atoms. The van der Waals surface area contributed by atoms with Gasteiger partial charge >= 0.3 is 0 Å². The van der Waals surface area contributed by atoms with Gasteiger partial charge in [0, 0.05) is 5.56 Å². The van der Waals surface area contributed by atoms with Gasteiger partial charge < -0.3 is 5.32 Å². The van der Waals surface area contributed by atoms with E-state index < -0.39 is 6.04 Å². The molecule has 1 saturated carbocycles. The zero-order valence-corrected chi connectivity index (χ0v) is 8.61. The molecule has 0 aliphatic heterocycles. The number of nitrogens with zero attached hydrogens (tertiary/aromatic N) is 1. The molecule has 0 spiro atoms. The minimum Gasteiger partial charge on any atom is -0.336 e. The highest BCUT2D eigenvalue weighted by atomic mass is 19.1. The molecule has 1 aliphatic carbocycles. The first-order valence-electron chi connectivity index (χ1n) is 5.17. The summed E-state index contributed by atoms with van der Waals surface area (Å²) in [6.45, 7) is 0. The van der Waals surface area contributed by atoms with Gasteiger partial charge in [-0.05, 0) is 43.0 Å². The highest BCUT2D eigenvalue weighted by molar-refractivity contribution is 5.94. The van der Waals surface area contributed by atoms with Crippen molar-refractivity contribution in [2.45, 2.75) is 18.9 Å². The fourth-order valence-corrected chi connectivity index (χ4v) is 1.51. The van der Waals surface area contributed by atoms with Crippen LogP contribution in [-0.4, -0.2) is 11.9 Å². The fraction of sp³-hybridized carbons (Fsp3) is 0.333. The molecular weight excluding hydrogens is 207 g/mol. The van der Waals surface area contributed by atoms with Gasteiger partial charge in [0.1, 0.15) is 11.9 Å². The number of nitrogens with one attached hydrogen (secondary N) is 1. The van der Waals surface area contributed by atoms with E-state index in [0.29, 0.717) is 5.56 Å². The van der Waals surface area contributed by atoms with Crippen molar-refractivity contribution in [2.24, 2.45) is 5.92 Å². The average Bonchev–Trinajstić information content (AvgIpc) is 3.10. The van der Waals surface area contributed by atoms with E-state index in [0.717, 1.165) is 12.8 Å². The second-order valence-electron chi connectivity index (χ2n) is 3.92. The first-order valence-corrected chi connectivity index (χ1v) is 5.17. The molecule has 1 fully saturated rings. The van der Waals surface area contributed by atoms with Gasteiger partial charge in [-0.2, -0.15) is 5.26 Å². The number of rotatable bonds is 3. The van der Waals surface area contributed by atoms with E-state index in [2.05, 4.69) is 11.4 Å². The number of halogens is 1. The molecule has 0 bridgehead atoms. The topological polar surface area (TPSA) is 52.9 Å². The Hall–Kier alpha value is -1.89. The van der Waals surface area contributed by atoms with Crippen LogP contribution in [0.1, 0.15) is 23.2 Å². The van der Waals surface area contributed by atoms with Crippen molar-refractivity contribution in [3.05, 3.63) is 35.6 Å². The van der Waals surface area contributed by atoms with E-state index in [9.17, 15) is 9.18 Å². The predicted octanol–water partition coefficient (Wildman–Crippen LogP) is 1.86. The van der Waals surface area contributed by atoms with E-state index in [4.69, 9.17) is 5.26 Å². The summed E-state index contributed by atoms with van der Waals surface area (Å²) in [4.78, 5) is 11.7. The first kappa shape index (κ1) is 10.6. The van der Waals surface area contributed by atoms with Crippen molar-refractivity contribution in [3.8, 4) is 6.07 Å². The number of hydrogen-bond acceptors (Lipinski definition) is 2. The molecule has 1 aliphatic rings. The minimum atomic E-state index is -0.419. The van der Waals surface area contributed by atoms with Crippen molar-refractivity contribution in [1.82, 2.24) is 5.32 Å². The van der Waals surface area contributed by atoms with Crippen LogP contribution in [0.2, 0.25) is 0 Å². The molecule has 0 heterocycles. The molecule has 1 aromatic rings. The lowest BCUT2D eigenvalue weighted by molar-refractivity contribution is 0.0942. The minimum absolute atomic E-state index is 0.286. The molecule has 1 amide bonds. The van der Waals surface area contributed by atoms with E-state index in [1.165, 1.54) is 24.3 Å². The standard InChI is InChI=1S/C12H11FN2O/c13-10-5-3-9(4-6-10)12(16)15-11(7-14)8-1-2-8/h3-6,8,11H,1-2H2,(H,15,16). The molecule has 1 aromatic carbocycles. The molecule has 0 aromatic heterocycles. The molecule has 3 nitrogen and oxygen atoms in total. The third-order valence-corrected chi connectivity index (χ3v) is 2.63. The smallest absolute Gasteiger partial charge is 0.252 e. The van der Waals surface area contributed by atoms with Crippen LogP contribution in [0.15, 0.2) is 24.3 Å². The molecule has 0 saturated heterocycles. The van der Waals surface area contributed by atoms with Crippen molar-refractivity contribution in [2.75, 3.05) is 0 Å². The van der Waals surface area contributed by atoms with Gasteiger partial charge in [0.05, 0.1) is 6.07 Å². The Morgan fingerprint density at radius 2 is 2.06 bits per heavy atom. The monoisotopic (exact) mass is 218 g/mol. The van der Waals surface area contributed by atoms with Crippen molar-refractivity contribution < 1.29 is 9.18 Å². The van der Waals surface area contributed by atoms with Crippen LogP contribution < -0.4 is 5.32 Å². The highest BCUT2D eigenvalue weighted by Crippen LogP contribution is 2.32. The second kappa shape index (κ2) is 4.31. The van der Waals surface area contributed by atoms with E-state index >= 15 is 0 Å². The van der Waals surface area contributed by atoms with Gasteiger partial charge in [-0.1, -0.05) is 0 Å². The van der Waals surface area contributed by atoms with E-state index in [-0.39, 0.29) is 17.6 Å². The summed E-state index contributed by atoms with van der Waals surface area (Å²) in [5.74, 6) is -0.413. The number of carbonyl (C=O) groups excluding carboxylic acids is 1. The van der Waals surface area contributed by atoms with Crippen molar-refractivity contribution in [1.29, 1.82) is 5.26 Å². The van der Waals surface area contributed by atoms with Gasteiger partial charge in [-0.25, -0.2) is 4.39 Å². The van der Waals surface area contributed by atoms with Crippen molar-refractivity contribution in [3.63, 3.8) is 0 Å². The summed E-state index contributed by atoms with van der Waals surface area (Å²) >= 11 is 0. The number of carbonyl (C=O) groups is 1. The molecule has 0 radical (unpaired) electrons. The molecular formula is C12H11FN2O. The molecule has 1 atom stereocenters. The Morgan fingerprint density at radius 3 is 2.56 bits per heavy atom. The quantitative estimate of drug-likeness (QED) is 0.841. The molecule has 4 heteroatoms. The number of benzene rings is 1. The third kappa shape index (κ3) is 2.37. The van der Waals surface area contributed by atoms with Gasteiger partial charge in [-0.15, -0.1) is 0 Å². The lowest BCUT2D eigenvalue weighted by Crippen LogP contribution is -2.35. The maximum Gasteiger partial charge on any atom is 0.252 e. The van der Waals surface area contributed by atoms with E-state index in [1.807, 2.05) is 0 Å². The lowest BCUT2D eigenvalue weighted by Gasteiger charge is -2.09. The summed E-state index contributed by atoms with van der Waals surface area (Å²) < 4.78 is 12.6. The summed E-state index contributed by atoms with van der Waals surface area (Å²) in [7, 11) is 0. The van der Waals surface area contributed by atoms with Crippen LogP contribution in [0.5, 0.6) is 0 Å². The van der Waals surface area contributed by atoms with Crippen LogP contribution in [-0.2, 0) is 0 Å². The van der Waals surface area contributed by atoms with Gasteiger partial charge in [0.15, 0.2) is 0 Å². The van der Waals surface area contributed by atoms with Gasteiger partial charge in [0.25, 0.3) is 5.91 Å². The Kier molecular flexibility index (Phi) is 2.86. The lowest BCUT2D eigenvalue weighted by atomic mass is 10.1. The van der Waals surface area contributed by atoms with Crippen LogP contribution in [0.4, 0.5) is 4.39 Å².